The number of hydrogen-bond acceptors (Lipinski definition) is 4. The predicted molar refractivity (Wildman–Crippen MR) is 93.7 cm³/mol. The summed E-state index contributed by atoms with van der Waals surface area (Å²) in [6.45, 7) is -2.89. The van der Waals surface area contributed by atoms with Gasteiger partial charge in [-0.2, -0.15) is 18.9 Å². The van der Waals surface area contributed by atoms with Crippen molar-refractivity contribution < 1.29 is 13.5 Å². The molecule has 1 aliphatic heterocycles. The van der Waals surface area contributed by atoms with Gasteiger partial charge < -0.3 is 10.1 Å². The largest absolute Gasteiger partial charge is 0.434 e. The van der Waals surface area contributed by atoms with Crippen LogP contribution in [-0.4, -0.2) is 21.4 Å². The first kappa shape index (κ1) is 16.8. The second-order valence-corrected chi connectivity index (χ2v) is 6.38. The number of rotatable bonds is 4. The number of benzene rings is 2. The SMILES string of the molecule is FC(F)Oc1ccccc1[C@H]1C[C@H](c2ccc(Cl)cc2)Nc2ncnn21. The highest BCUT2D eigenvalue weighted by molar-refractivity contribution is 6.30. The number of para-hydroxylation sites is 1. The maximum atomic E-state index is 12.8. The molecule has 0 spiro atoms. The Morgan fingerprint density at radius 3 is 2.69 bits per heavy atom. The molecule has 3 aromatic rings. The number of anilines is 1. The van der Waals surface area contributed by atoms with Crippen molar-refractivity contribution in [1.82, 2.24) is 14.8 Å². The number of fused-ring (bicyclic) bond motifs is 1. The fourth-order valence-corrected chi connectivity index (χ4v) is 3.38. The minimum Gasteiger partial charge on any atom is -0.434 e. The molecule has 5 nitrogen and oxygen atoms in total. The van der Waals surface area contributed by atoms with Gasteiger partial charge in [-0.15, -0.1) is 0 Å². The van der Waals surface area contributed by atoms with Crippen LogP contribution in [0.3, 0.4) is 0 Å². The third-order valence-electron chi connectivity index (χ3n) is 4.40. The Hall–Kier alpha value is -2.67. The zero-order chi connectivity index (χ0) is 18.1. The normalized spacial score (nSPS) is 19.1. The van der Waals surface area contributed by atoms with Crippen molar-refractivity contribution in [3.63, 3.8) is 0 Å². The zero-order valence-corrected chi connectivity index (χ0v) is 14.3. The van der Waals surface area contributed by atoms with Gasteiger partial charge in [-0.1, -0.05) is 41.9 Å². The van der Waals surface area contributed by atoms with E-state index in [1.807, 2.05) is 24.3 Å². The number of hydrogen-bond donors (Lipinski definition) is 1. The third kappa shape index (κ3) is 3.22. The molecule has 134 valence electrons. The molecule has 1 N–H and O–H groups in total. The van der Waals surface area contributed by atoms with Crippen LogP contribution < -0.4 is 10.1 Å². The van der Waals surface area contributed by atoms with Crippen LogP contribution >= 0.6 is 11.6 Å². The number of nitrogens with zero attached hydrogens (tertiary/aromatic N) is 3. The summed E-state index contributed by atoms with van der Waals surface area (Å²) < 4.78 is 32.0. The van der Waals surface area contributed by atoms with E-state index in [-0.39, 0.29) is 17.8 Å². The lowest BCUT2D eigenvalue weighted by Crippen LogP contribution is -2.28. The second kappa shape index (κ2) is 6.92. The molecule has 0 amide bonds. The molecule has 0 bridgehead atoms. The van der Waals surface area contributed by atoms with Crippen LogP contribution in [0, 0.1) is 0 Å². The first-order valence-electron chi connectivity index (χ1n) is 8.07. The highest BCUT2D eigenvalue weighted by Gasteiger charge is 2.31. The molecule has 8 heteroatoms. The quantitative estimate of drug-likeness (QED) is 0.718. The third-order valence-corrected chi connectivity index (χ3v) is 4.65. The monoisotopic (exact) mass is 376 g/mol. The number of alkyl halides is 2. The van der Waals surface area contributed by atoms with E-state index in [0.29, 0.717) is 23.0 Å². The van der Waals surface area contributed by atoms with Gasteiger partial charge in [-0.3, -0.25) is 0 Å². The lowest BCUT2D eigenvalue weighted by atomic mass is 9.93. The van der Waals surface area contributed by atoms with Crippen molar-refractivity contribution in [1.29, 1.82) is 0 Å². The lowest BCUT2D eigenvalue weighted by molar-refractivity contribution is -0.0507. The van der Waals surface area contributed by atoms with Gasteiger partial charge in [0.2, 0.25) is 5.95 Å². The minimum atomic E-state index is -2.89. The van der Waals surface area contributed by atoms with Crippen LogP contribution in [0.15, 0.2) is 54.9 Å². The minimum absolute atomic E-state index is 0.0615. The fraction of sp³-hybridized carbons (Fsp3) is 0.222. The van der Waals surface area contributed by atoms with Gasteiger partial charge >= 0.3 is 6.61 Å². The summed E-state index contributed by atoms with van der Waals surface area (Å²) in [5.41, 5.74) is 1.67. The van der Waals surface area contributed by atoms with Crippen LogP contribution in [0.25, 0.3) is 0 Å². The van der Waals surface area contributed by atoms with Gasteiger partial charge in [0, 0.05) is 10.6 Å². The molecule has 2 atom stereocenters. The molecule has 0 aliphatic carbocycles. The molecule has 1 aromatic heterocycles. The van der Waals surface area contributed by atoms with Crippen LogP contribution in [0.4, 0.5) is 14.7 Å². The molecule has 0 unspecified atom stereocenters. The van der Waals surface area contributed by atoms with Gasteiger partial charge in [0.05, 0.1) is 12.1 Å². The van der Waals surface area contributed by atoms with E-state index in [1.165, 1.54) is 12.4 Å². The molecule has 26 heavy (non-hydrogen) atoms. The molecule has 2 aromatic carbocycles. The highest BCUT2D eigenvalue weighted by Crippen LogP contribution is 2.40. The number of halogens is 3. The van der Waals surface area contributed by atoms with Crippen molar-refractivity contribution in [3.8, 4) is 5.75 Å². The summed E-state index contributed by atoms with van der Waals surface area (Å²) in [4.78, 5) is 4.24. The Balaban J connectivity index is 1.73. The van der Waals surface area contributed by atoms with E-state index in [4.69, 9.17) is 16.3 Å². The fourth-order valence-electron chi connectivity index (χ4n) is 3.25. The number of aromatic nitrogens is 3. The summed E-state index contributed by atoms with van der Waals surface area (Å²) in [5, 5.41) is 8.24. The molecule has 4 rings (SSSR count). The zero-order valence-electron chi connectivity index (χ0n) is 13.5. The van der Waals surface area contributed by atoms with Gasteiger partial charge in [0.1, 0.15) is 12.1 Å². The van der Waals surface area contributed by atoms with Gasteiger partial charge in [-0.05, 0) is 30.2 Å². The standard InChI is InChI=1S/C18H15ClF2N4O/c19-12-7-5-11(6-8-12)14-9-15(25-18(24-14)22-10-23-25)13-3-1-2-4-16(13)26-17(20)21/h1-8,10,14-15,17H,9H2,(H,22,23,24)/t14-,15-/m1/s1. The van der Waals surface area contributed by atoms with E-state index in [9.17, 15) is 8.78 Å². The van der Waals surface area contributed by atoms with E-state index in [0.717, 1.165) is 5.56 Å². The summed E-state index contributed by atoms with van der Waals surface area (Å²) >= 11 is 5.97. The Labute approximate surface area is 153 Å². The Bertz CT molecular complexity index is 900. The molecular formula is C18H15ClF2N4O. The second-order valence-electron chi connectivity index (χ2n) is 5.94. The van der Waals surface area contributed by atoms with Gasteiger partial charge in [0.15, 0.2) is 0 Å². The van der Waals surface area contributed by atoms with Crippen LogP contribution in [0.2, 0.25) is 5.02 Å². The average Bonchev–Trinajstić information content (AvgIpc) is 3.10. The van der Waals surface area contributed by atoms with Crippen molar-refractivity contribution in [2.75, 3.05) is 5.32 Å². The molecule has 0 saturated heterocycles. The number of nitrogens with one attached hydrogen (secondary N) is 1. The maximum Gasteiger partial charge on any atom is 0.387 e. The molecule has 0 radical (unpaired) electrons. The molecule has 0 saturated carbocycles. The van der Waals surface area contributed by atoms with Gasteiger partial charge in [0.25, 0.3) is 0 Å². The first-order chi connectivity index (χ1) is 12.6. The van der Waals surface area contributed by atoms with Crippen molar-refractivity contribution >= 4 is 17.5 Å². The van der Waals surface area contributed by atoms with Crippen molar-refractivity contribution in [2.24, 2.45) is 0 Å². The Morgan fingerprint density at radius 2 is 1.92 bits per heavy atom. The van der Waals surface area contributed by atoms with E-state index >= 15 is 0 Å². The Morgan fingerprint density at radius 1 is 1.15 bits per heavy atom. The summed E-state index contributed by atoms with van der Waals surface area (Å²) in [6.07, 6.45) is 2.04. The first-order valence-corrected chi connectivity index (χ1v) is 8.45. The van der Waals surface area contributed by atoms with E-state index in [2.05, 4.69) is 15.4 Å². The summed E-state index contributed by atoms with van der Waals surface area (Å²) in [6, 6.07) is 13.9. The van der Waals surface area contributed by atoms with Gasteiger partial charge in [-0.25, -0.2) is 4.68 Å². The average molecular weight is 377 g/mol. The summed E-state index contributed by atoms with van der Waals surface area (Å²) in [7, 11) is 0. The predicted octanol–water partition coefficient (Wildman–Crippen LogP) is 4.68. The van der Waals surface area contributed by atoms with E-state index in [1.54, 1.807) is 22.9 Å². The highest BCUT2D eigenvalue weighted by atomic mass is 35.5. The number of ether oxygens (including phenoxy) is 1. The van der Waals surface area contributed by atoms with Crippen LogP contribution in [0.1, 0.15) is 29.6 Å². The lowest BCUT2D eigenvalue weighted by Gasteiger charge is -2.32. The van der Waals surface area contributed by atoms with E-state index < -0.39 is 6.61 Å². The topological polar surface area (TPSA) is 52.0 Å². The maximum absolute atomic E-state index is 12.8. The van der Waals surface area contributed by atoms with Crippen LogP contribution in [0.5, 0.6) is 5.75 Å². The smallest absolute Gasteiger partial charge is 0.387 e. The Kier molecular flexibility index (Phi) is 4.46. The van der Waals surface area contributed by atoms with Crippen molar-refractivity contribution in [3.05, 3.63) is 71.0 Å². The molecule has 0 fully saturated rings. The van der Waals surface area contributed by atoms with Crippen molar-refractivity contribution in [2.45, 2.75) is 25.1 Å². The van der Waals surface area contributed by atoms with Crippen LogP contribution in [-0.2, 0) is 0 Å². The molecule has 1 aliphatic rings. The molecular weight excluding hydrogens is 362 g/mol. The molecule has 2 heterocycles. The summed E-state index contributed by atoms with van der Waals surface area (Å²) in [5.74, 6) is 0.721.